The number of carbonyl (C=O) groups is 3. The molecule has 2 atom stereocenters. The van der Waals surface area contributed by atoms with Crippen LogP contribution < -0.4 is 11.5 Å². The van der Waals surface area contributed by atoms with E-state index in [1.165, 1.54) is 0 Å². The minimum atomic E-state index is -0.933. The highest BCUT2D eigenvalue weighted by Crippen LogP contribution is 2.18. The molecule has 0 heterocycles. The Morgan fingerprint density at radius 2 is 1.52 bits per heavy atom. The van der Waals surface area contributed by atoms with E-state index in [-0.39, 0.29) is 5.78 Å². The Labute approximate surface area is 170 Å². The molecular formula is C22H28N2O5. The van der Waals surface area contributed by atoms with Gasteiger partial charge in [0.25, 0.3) is 0 Å². The predicted molar refractivity (Wildman–Crippen MR) is 111 cm³/mol. The van der Waals surface area contributed by atoms with Gasteiger partial charge in [0, 0.05) is 11.1 Å². The number of hydrogen-bond acceptors (Lipinski definition) is 5. The highest BCUT2D eigenvalue weighted by Gasteiger charge is 2.16. The Morgan fingerprint density at radius 1 is 0.897 bits per heavy atom. The minimum Gasteiger partial charge on any atom is -0.481 e. The van der Waals surface area contributed by atoms with Crippen molar-refractivity contribution in [3.63, 3.8) is 0 Å². The van der Waals surface area contributed by atoms with Gasteiger partial charge >= 0.3 is 11.9 Å². The summed E-state index contributed by atoms with van der Waals surface area (Å²) in [7, 11) is 0. The van der Waals surface area contributed by atoms with Gasteiger partial charge in [-0.1, -0.05) is 55.0 Å². The van der Waals surface area contributed by atoms with E-state index in [9.17, 15) is 14.4 Å². The highest BCUT2D eigenvalue weighted by molar-refractivity contribution is 6.09. The fourth-order valence-electron chi connectivity index (χ4n) is 2.48. The molecule has 156 valence electrons. The number of nitrogens with two attached hydrogens (primary N) is 2. The van der Waals surface area contributed by atoms with Crippen molar-refractivity contribution in [1.29, 1.82) is 0 Å². The van der Waals surface area contributed by atoms with Crippen LogP contribution in [-0.2, 0) is 9.59 Å². The Morgan fingerprint density at radius 3 is 2.07 bits per heavy atom. The van der Waals surface area contributed by atoms with Gasteiger partial charge in [-0.3, -0.25) is 14.4 Å². The molecule has 7 nitrogen and oxygen atoms in total. The number of rotatable bonds is 9. The molecule has 0 bridgehead atoms. The number of carboxylic acids is 2. The summed E-state index contributed by atoms with van der Waals surface area (Å²) >= 11 is 0. The quantitative estimate of drug-likeness (QED) is 0.374. The lowest BCUT2D eigenvalue weighted by Gasteiger charge is -2.08. The van der Waals surface area contributed by atoms with Gasteiger partial charge in [0.1, 0.15) is 6.04 Å². The molecule has 0 aliphatic heterocycles. The van der Waals surface area contributed by atoms with Crippen LogP contribution in [0.25, 0.3) is 0 Å². The number of hydrogen-bond donors (Lipinski definition) is 4. The fourth-order valence-corrected chi connectivity index (χ4v) is 2.48. The number of unbranched alkanes of at least 4 members (excludes halogenated alkanes) is 1. The van der Waals surface area contributed by atoms with E-state index in [0.29, 0.717) is 29.7 Å². The maximum Gasteiger partial charge on any atom is 0.320 e. The number of benzene rings is 2. The van der Waals surface area contributed by atoms with E-state index in [2.05, 4.69) is 0 Å². The third-order valence-electron chi connectivity index (χ3n) is 4.34. The summed E-state index contributed by atoms with van der Waals surface area (Å²) in [5.74, 6) is -2.55. The van der Waals surface area contributed by atoms with Gasteiger partial charge in [-0.05, 0) is 37.9 Å². The molecule has 2 aromatic carbocycles. The van der Waals surface area contributed by atoms with Crippen molar-refractivity contribution in [2.45, 2.75) is 38.1 Å². The largest absolute Gasteiger partial charge is 0.481 e. The van der Waals surface area contributed by atoms with Gasteiger partial charge in [-0.15, -0.1) is 0 Å². The molecule has 0 radical (unpaired) electrons. The second-order valence-electron chi connectivity index (χ2n) is 6.61. The summed E-state index contributed by atoms with van der Waals surface area (Å²) in [5.41, 5.74) is 12.2. The summed E-state index contributed by atoms with van der Waals surface area (Å²) < 4.78 is 0. The molecule has 0 unspecified atom stereocenters. The SMILES string of the molecule is C[C@H](C(=O)O)c1cccc(C(=O)c2ccccc2)c1.NCCCC[C@@H](N)C(=O)O. The number of ketones is 1. The van der Waals surface area contributed by atoms with Crippen LogP contribution in [-0.4, -0.2) is 40.5 Å². The average Bonchev–Trinajstić information content (AvgIpc) is 2.73. The Kier molecular flexibility index (Phi) is 10.3. The molecule has 0 aliphatic rings. The molecule has 0 spiro atoms. The lowest BCUT2D eigenvalue weighted by atomic mass is 9.96. The zero-order chi connectivity index (χ0) is 21.8. The summed E-state index contributed by atoms with van der Waals surface area (Å²) in [4.78, 5) is 33.3. The summed E-state index contributed by atoms with van der Waals surface area (Å²) in [6.07, 6.45) is 2.16. The van der Waals surface area contributed by atoms with Crippen molar-refractivity contribution in [3.8, 4) is 0 Å². The van der Waals surface area contributed by atoms with Crippen LogP contribution in [0.4, 0.5) is 0 Å². The van der Waals surface area contributed by atoms with Crippen molar-refractivity contribution in [2.24, 2.45) is 11.5 Å². The van der Waals surface area contributed by atoms with Crippen molar-refractivity contribution < 1.29 is 24.6 Å². The molecule has 0 aromatic heterocycles. The smallest absolute Gasteiger partial charge is 0.320 e. The summed E-state index contributed by atoms with van der Waals surface area (Å²) in [6.45, 7) is 2.21. The molecule has 6 N–H and O–H groups in total. The van der Waals surface area contributed by atoms with Gasteiger partial charge in [0.05, 0.1) is 5.92 Å². The van der Waals surface area contributed by atoms with E-state index in [4.69, 9.17) is 21.7 Å². The maximum atomic E-state index is 12.2. The van der Waals surface area contributed by atoms with Gasteiger partial charge in [-0.2, -0.15) is 0 Å². The summed E-state index contributed by atoms with van der Waals surface area (Å²) in [6, 6.07) is 15.0. The molecule has 7 heteroatoms. The van der Waals surface area contributed by atoms with Crippen molar-refractivity contribution in [2.75, 3.05) is 6.54 Å². The maximum absolute atomic E-state index is 12.2. The normalized spacial score (nSPS) is 12.2. The van der Waals surface area contributed by atoms with Crippen molar-refractivity contribution >= 4 is 17.7 Å². The molecule has 2 rings (SSSR count). The van der Waals surface area contributed by atoms with Crippen molar-refractivity contribution in [1.82, 2.24) is 0 Å². The molecule has 0 saturated carbocycles. The zero-order valence-corrected chi connectivity index (χ0v) is 16.5. The number of aliphatic carboxylic acids is 2. The van der Waals surface area contributed by atoms with Crippen LogP contribution in [0.5, 0.6) is 0 Å². The lowest BCUT2D eigenvalue weighted by molar-refractivity contribution is -0.139. The van der Waals surface area contributed by atoms with E-state index in [0.717, 1.165) is 12.8 Å². The Hall–Kier alpha value is -3.03. The first-order chi connectivity index (χ1) is 13.8. The third-order valence-corrected chi connectivity index (χ3v) is 4.34. The number of carboxylic acid groups (broad SMARTS) is 2. The van der Waals surface area contributed by atoms with Crippen LogP contribution >= 0.6 is 0 Å². The topological polar surface area (TPSA) is 144 Å². The van der Waals surface area contributed by atoms with Crippen LogP contribution in [0.2, 0.25) is 0 Å². The van der Waals surface area contributed by atoms with Crippen LogP contribution in [0.1, 0.15) is 53.6 Å². The standard InChI is InChI=1S/C16H14O3.C6H14N2O2/c1-11(16(18)19)13-8-5-9-14(10-13)15(17)12-6-3-2-4-7-12;7-4-2-1-3-5(8)6(9)10/h2-11H,1H3,(H,18,19);5H,1-4,7-8H2,(H,9,10)/t11-;5-/m01/s1. The second-order valence-corrected chi connectivity index (χ2v) is 6.61. The van der Waals surface area contributed by atoms with Crippen molar-refractivity contribution in [3.05, 3.63) is 71.3 Å². The first-order valence-electron chi connectivity index (χ1n) is 9.38. The number of carbonyl (C=O) groups excluding carboxylic acids is 1. The van der Waals surface area contributed by atoms with Crippen LogP contribution in [0.15, 0.2) is 54.6 Å². The molecule has 0 saturated heterocycles. The molecule has 0 fully saturated rings. The summed E-state index contributed by atoms with van der Waals surface area (Å²) in [5, 5.41) is 17.3. The van der Waals surface area contributed by atoms with Gasteiger partial charge in [0.15, 0.2) is 5.78 Å². The van der Waals surface area contributed by atoms with E-state index < -0.39 is 23.9 Å². The lowest BCUT2D eigenvalue weighted by Crippen LogP contribution is -2.29. The molecule has 0 aliphatic carbocycles. The van der Waals surface area contributed by atoms with E-state index in [1.54, 1.807) is 55.5 Å². The Balaban J connectivity index is 0.000000359. The predicted octanol–water partition coefficient (Wildman–Crippen LogP) is 2.63. The van der Waals surface area contributed by atoms with Crippen LogP contribution in [0, 0.1) is 0 Å². The van der Waals surface area contributed by atoms with Gasteiger partial charge in [0.2, 0.25) is 0 Å². The minimum absolute atomic E-state index is 0.0972. The molecule has 29 heavy (non-hydrogen) atoms. The van der Waals surface area contributed by atoms with Crippen LogP contribution in [0.3, 0.4) is 0 Å². The van der Waals surface area contributed by atoms with Gasteiger partial charge in [-0.25, -0.2) is 0 Å². The highest BCUT2D eigenvalue weighted by atomic mass is 16.4. The first-order valence-corrected chi connectivity index (χ1v) is 9.38. The first kappa shape index (κ1) is 24.0. The fraction of sp³-hybridized carbons (Fsp3) is 0.318. The average molecular weight is 400 g/mol. The van der Waals surface area contributed by atoms with Gasteiger partial charge < -0.3 is 21.7 Å². The molecule has 0 amide bonds. The van der Waals surface area contributed by atoms with E-state index >= 15 is 0 Å². The monoisotopic (exact) mass is 400 g/mol. The molecular weight excluding hydrogens is 372 g/mol. The third kappa shape index (κ3) is 8.25. The second kappa shape index (κ2) is 12.4. The van der Waals surface area contributed by atoms with E-state index in [1.807, 2.05) is 6.07 Å². The Bertz CT molecular complexity index is 808. The zero-order valence-electron chi connectivity index (χ0n) is 16.5. The molecule has 2 aromatic rings.